The second kappa shape index (κ2) is 6.90. The van der Waals surface area contributed by atoms with E-state index in [0.717, 1.165) is 25.9 Å². The van der Waals surface area contributed by atoms with Crippen LogP contribution in [0, 0.1) is 0 Å². The van der Waals surface area contributed by atoms with E-state index in [1.807, 2.05) is 0 Å². The molecule has 1 unspecified atom stereocenters. The Hall–Kier alpha value is -1.34. The van der Waals surface area contributed by atoms with Crippen LogP contribution >= 0.6 is 0 Å². The number of carbonyl (C=O) groups is 2. The number of piperidine rings is 1. The minimum atomic E-state index is -0.896. The molecule has 2 N–H and O–H groups in total. The van der Waals surface area contributed by atoms with Gasteiger partial charge in [-0.2, -0.15) is 0 Å². The lowest BCUT2D eigenvalue weighted by Gasteiger charge is -2.35. The van der Waals surface area contributed by atoms with E-state index in [9.17, 15) is 9.59 Å². The number of hydrogen-bond donors (Lipinski definition) is 2. The Morgan fingerprint density at radius 3 is 2.65 bits per heavy atom. The Bertz CT molecular complexity index is 356. The van der Waals surface area contributed by atoms with Gasteiger partial charge in [0.25, 0.3) is 0 Å². The normalized spacial score (nSPS) is 25.4. The molecule has 7 nitrogen and oxygen atoms in total. The molecule has 0 radical (unpaired) electrons. The lowest BCUT2D eigenvalue weighted by molar-refractivity contribution is -0.141. The number of carbonyl (C=O) groups excluding carboxylic acids is 1. The standard InChI is InChI=1S/C13H23N3O4/c1-15-4-2-10(3-5-15)14-13(19)16-6-7-20-11(9-16)8-12(17)18/h10-11H,2-9H2,1H3,(H,14,19)(H,17,18). The number of likely N-dealkylation sites (tertiary alicyclic amines) is 1. The molecule has 0 aromatic rings. The van der Waals surface area contributed by atoms with E-state index in [2.05, 4.69) is 17.3 Å². The van der Waals surface area contributed by atoms with E-state index >= 15 is 0 Å². The van der Waals surface area contributed by atoms with Gasteiger partial charge in [-0.15, -0.1) is 0 Å². The third-order valence-electron chi connectivity index (χ3n) is 3.87. The van der Waals surface area contributed by atoms with Gasteiger partial charge in [0, 0.05) is 19.1 Å². The van der Waals surface area contributed by atoms with Crippen molar-refractivity contribution in [2.24, 2.45) is 0 Å². The van der Waals surface area contributed by atoms with Crippen molar-refractivity contribution in [1.82, 2.24) is 15.1 Å². The summed E-state index contributed by atoms with van der Waals surface area (Å²) in [6.07, 6.45) is 1.47. The monoisotopic (exact) mass is 285 g/mol. The van der Waals surface area contributed by atoms with Crippen molar-refractivity contribution in [1.29, 1.82) is 0 Å². The summed E-state index contributed by atoms with van der Waals surface area (Å²) in [6, 6.07) is 0.123. The van der Waals surface area contributed by atoms with Crippen LogP contribution in [0.4, 0.5) is 4.79 Å². The number of nitrogens with zero attached hydrogens (tertiary/aromatic N) is 2. The highest BCUT2D eigenvalue weighted by Gasteiger charge is 2.27. The third-order valence-corrected chi connectivity index (χ3v) is 3.87. The van der Waals surface area contributed by atoms with Gasteiger partial charge in [0.05, 0.1) is 19.1 Å². The topological polar surface area (TPSA) is 82.1 Å². The Kier molecular flexibility index (Phi) is 5.19. The Balaban J connectivity index is 1.78. The molecule has 0 bridgehead atoms. The van der Waals surface area contributed by atoms with Gasteiger partial charge in [-0.25, -0.2) is 4.79 Å². The van der Waals surface area contributed by atoms with E-state index in [0.29, 0.717) is 19.7 Å². The maximum absolute atomic E-state index is 12.2. The van der Waals surface area contributed by atoms with Gasteiger partial charge in [-0.3, -0.25) is 4.79 Å². The molecule has 1 atom stereocenters. The zero-order valence-electron chi connectivity index (χ0n) is 11.9. The second-order valence-electron chi connectivity index (χ2n) is 5.56. The number of ether oxygens (including phenoxy) is 1. The summed E-state index contributed by atoms with van der Waals surface area (Å²) in [5.41, 5.74) is 0. The van der Waals surface area contributed by atoms with Gasteiger partial charge in [-0.05, 0) is 33.0 Å². The van der Waals surface area contributed by atoms with E-state index in [-0.39, 0.29) is 18.5 Å². The van der Waals surface area contributed by atoms with Crippen LogP contribution in [-0.2, 0) is 9.53 Å². The molecule has 0 aliphatic carbocycles. The molecule has 0 aromatic heterocycles. The summed E-state index contributed by atoms with van der Waals surface area (Å²) in [5, 5.41) is 11.8. The van der Waals surface area contributed by atoms with Crippen molar-refractivity contribution in [2.75, 3.05) is 39.8 Å². The fraction of sp³-hybridized carbons (Fsp3) is 0.846. The predicted molar refractivity (Wildman–Crippen MR) is 72.6 cm³/mol. The van der Waals surface area contributed by atoms with Crippen LogP contribution < -0.4 is 5.32 Å². The lowest BCUT2D eigenvalue weighted by Crippen LogP contribution is -2.53. The van der Waals surface area contributed by atoms with Crippen molar-refractivity contribution in [3.05, 3.63) is 0 Å². The quantitative estimate of drug-likeness (QED) is 0.761. The van der Waals surface area contributed by atoms with Crippen LogP contribution in [0.3, 0.4) is 0 Å². The SMILES string of the molecule is CN1CCC(NC(=O)N2CCOC(CC(=O)O)C2)CC1. The number of carboxylic acids is 1. The van der Waals surface area contributed by atoms with Gasteiger partial charge in [0.15, 0.2) is 0 Å². The van der Waals surface area contributed by atoms with Crippen molar-refractivity contribution >= 4 is 12.0 Å². The van der Waals surface area contributed by atoms with Gasteiger partial charge in [-0.1, -0.05) is 0 Å². The molecule has 20 heavy (non-hydrogen) atoms. The number of aliphatic carboxylic acids is 1. The molecule has 2 amide bonds. The molecular weight excluding hydrogens is 262 g/mol. The zero-order valence-corrected chi connectivity index (χ0v) is 11.9. The minimum Gasteiger partial charge on any atom is -0.481 e. The molecule has 2 aliphatic rings. The third kappa shape index (κ3) is 4.35. The summed E-state index contributed by atoms with van der Waals surface area (Å²) >= 11 is 0. The van der Waals surface area contributed by atoms with Crippen molar-refractivity contribution < 1.29 is 19.4 Å². The predicted octanol–water partition coefficient (Wildman–Crippen LogP) is -0.0343. The highest BCUT2D eigenvalue weighted by Crippen LogP contribution is 2.12. The fourth-order valence-corrected chi connectivity index (χ4v) is 2.64. The molecule has 0 aromatic carbocycles. The second-order valence-corrected chi connectivity index (χ2v) is 5.56. The van der Waals surface area contributed by atoms with Crippen molar-refractivity contribution in [3.8, 4) is 0 Å². The molecule has 2 saturated heterocycles. The Labute approximate surface area is 118 Å². The van der Waals surface area contributed by atoms with E-state index in [4.69, 9.17) is 9.84 Å². The number of nitrogens with one attached hydrogen (secondary N) is 1. The first-order valence-electron chi connectivity index (χ1n) is 7.12. The number of hydrogen-bond acceptors (Lipinski definition) is 4. The first kappa shape index (κ1) is 15.1. The number of rotatable bonds is 3. The first-order valence-corrected chi connectivity index (χ1v) is 7.12. The molecule has 2 rings (SSSR count). The molecule has 114 valence electrons. The molecule has 0 saturated carbocycles. The highest BCUT2D eigenvalue weighted by atomic mass is 16.5. The summed E-state index contributed by atoms with van der Waals surface area (Å²) in [5.74, 6) is -0.896. The van der Waals surface area contributed by atoms with E-state index < -0.39 is 12.1 Å². The van der Waals surface area contributed by atoms with Crippen molar-refractivity contribution in [2.45, 2.75) is 31.4 Å². The molecule has 0 spiro atoms. The number of carboxylic acid groups (broad SMARTS) is 1. The van der Waals surface area contributed by atoms with Gasteiger partial charge >= 0.3 is 12.0 Å². The summed E-state index contributed by atoms with van der Waals surface area (Å²) in [7, 11) is 2.08. The lowest BCUT2D eigenvalue weighted by atomic mass is 10.1. The first-order chi connectivity index (χ1) is 9.54. The number of morpholine rings is 1. The average Bonchev–Trinajstić information content (AvgIpc) is 2.41. The largest absolute Gasteiger partial charge is 0.481 e. The molecule has 2 aliphatic heterocycles. The minimum absolute atomic E-state index is 0.0575. The van der Waals surface area contributed by atoms with E-state index in [1.165, 1.54) is 0 Å². The van der Waals surface area contributed by atoms with Crippen molar-refractivity contribution in [3.63, 3.8) is 0 Å². The number of amides is 2. The highest BCUT2D eigenvalue weighted by molar-refractivity contribution is 5.75. The van der Waals surface area contributed by atoms with Crippen LogP contribution in [0.2, 0.25) is 0 Å². The van der Waals surface area contributed by atoms with Gasteiger partial charge in [0.2, 0.25) is 0 Å². The molecule has 7 heteroatoms. The van der Waals surface area contributed by atoms with Crippen LogP contribution in [0.15, 0.2) is 0 Å². The van der Waals surface area contributed by atoms with Gasteiger partial charge < -0.3 is 25.0 Å². The summed E-state index contributed by atoms with van der Waals surface area (Å²) in [4.78, 5) is 26.8. The Morgan fingerprint density at radius 1 is 1.30 bits per heavy atom. The van der Waals surface area contributed by atoms with E-state index in [1.54, 1.807) is 4.90 Å². The van der Waals surface area contributed by atoms with Crippen LogP contribution in [0.5, 0.6) is 0 Å². The maximum Gasteiger partial charge on any atom is 0.317 e. The van der Waals surface area contributed by atoms with Gasteiger partial charge in [0.1, 0.15) is 0 Å². The smallest absolute Gasteiger partial charge is 0.317 e. The maximum atomic E-state index is 12.2. The van der Waals surface area contributed by atoms with Crippen LogP contribution in [0.1, 0.15) is 19.3 Å². The molecule has 2 fully saturated rings. The zero-order chi connectivity index (χ0) is 14.5. The fourth-order valence-electron chi connectivity index (χ4n) is 2.64. The molecule has 2 heterocycles. The molecular formula is C13H23N3O4. The average molecular weight is 285 g/mol. The summed E-state index contributed by atoms with van der Waals surface area (Å²) in [6.45, 7) is 3.27. The van der Waals surface area contributed by atoms with Crippen LogP contribution in [-0.4, -0.2) is 78.9 Å². The number of urea groups is 1. The Morgan fingerprint density at radius 2 is 2.00 bits per heavy atom. The van der Waals surface area contributed by atoms with Crippen LogP contribution in [0.25, 0.3) is 0 Å². The summed E-state index contributed by atoms with van der Waals surface area (Å²) < 4.78 is 5.36.